The molecule has 5 N–H and O–H groups in total. The molecule has 0 fully saturated rings. The number of carboxylic acid groups (broad SMARTS) is 1. The lowest BCUT2D eigenvalue weighted by molar-refractivity contribution is -0.139. The summed E-state index contributed by atoms with van der Waals surface area (Å²) in [5.74, 6) is -4.56. The number of alkyl halides is 3. The van der Waals surface area contributed by atoms with Gasteiger partial charge in [-0.25, -0.2) is 8.42 Å². The van der Waals surface area contributed by atoms with E-state index in [0.717, 1.165) is 18.5 Å². The molecule has 0 aliphatic carbocycles. The largest absolute Gasteiger partial charge is 0.480 e. The molecule has 1 aliphatic rings. The molecule has 0 saturated carbocycles. The molecule has 2 amide bonds. The average molecular weight is 507 g/mol. The first kappa shape index (κ1) is 27.0. The summed E-state index contributed by atoms with van der Waals surface area (Å²) in [7, 11) is -4.98. The second kappa shape index (κ2) is 11.8. The van der Waals surface area contributed by atoms with Crippen LogP contribution in [0.4, 0.5) is 13.2 Å². The molecule has 1 aliphatic heterocycles. The Labute approximate surface area is 193 Å². The number of hydrogen-bond acceptors (Lipinski definition) is 7. The molecule has 1 heterocycles. The first-order valence-electron chi connectivity index (χ1n) is 10.1. The second-order valence-electron chi connectivity index (χ2n) is 7.35. The molecule has 0 saturated heterocycles. The molecule has 1 aromatic carbocycles. The maximum absolute atomic E-state index is 12.3. The first-order chi connectivity index (χ1) is 15.8. The monoisotopic (exact) mass is 507 g/mol. The number of carbonyl (C=O) groups is 3. The molecule has 1 unspecified atom stereocenters. The number of hydrogen-bond donors (Lipinski definition) is 5. The predicted octanol–water partition coefficient (Wildman–Crippen LogP) is -0.251. The lowest BCUT2D eigenvalue weighted by Crippen LogP contribution is -2.50. The van der Waals surface area contributed by atoms with E-state index in [0.29, 0.717) is 18.9 Å². The maximum atomic E-state index is 12.3. The number of halogens is 3. The number of benzene rings is 1. The van der Waals surface area contributed by atoms with Crippen molar-refractivity contribution in [1.82, 2.24) is 20.7 Å². The zero-order valence-corrected chi connectivity index (χ0v) is 18.6. The van der Waals surface area contributed by atoms with Crippen LogP contribution < -0.4 is 20.7 Å². The van der Waals surface area contributed by atoms with Gasteiger partial charge in [-0.1, -0.05) is 12.1 Å². The van der Waals surface area contributed by atoms with Crippen LogP contribution in [-0.2, 0) is 26.0 Å². The van der Waals surface area contributed by atoms with E-state index in [9.17, 15) is 36.0 Å². The fourth-order valence-electron chi connectivity index (χ4n) is 2.84. The number of amides is 2. The van der Waals surface area contributed by atoms with E-state index in [1.807, 2.05) is 0 Å². The van der Waals surface area contributed by atoms with Crippen molar-refractivity contribution in [1.29, 1.82) is 0 Å². The van der Waals surface area contributed by atoms with Gasteiger partial charge in [-0.15, -0.1) is 0 Å². The van der Waals surface area contributed by atoms with Gasteiger partial charge in [0.05, 0.1) is 0 Å². The van der Waals surface area contributed by atoms with Crippen LogP contribution in [0.1, 0.15) is 28.8 Å². The second-order valence-corrected chi connectivity index (χ2v) is 9.10. The molecule has 188 valence electrons. The lowest BCUT2D eigenvalue weighted by Gasteiger charge is -2.16. The molecule has 15 heteroatoms. The average Bonchev–Trinajstić information content (AvgIpc) is 2.74. The summed E-state index contributed by atoms with van der Waals surface area (Å²) in [6.07, 6.45) is -3.61. The summed E-state index contributed by atoms with van der Waals surface area (Å²) in [6, 6.07) is 4.01. The van der Waals surface area contributed by atoms with E-state index in [1.54, 1.807) is 12.1 Å². The van der Waals surface area contributed by atoms with E-state index in [-0.39, 0.29) is 17.9 Å². The number of sulfonamides is 1. The van der Waals surface area contributed by atoms with Crippen molar-refractivity contribution >= 4 is 33.8 Å². The van der Waals surface area contributed by atoms with Gasteiger partial charge in [0.1, 0.15) is 6.04 Å². The van der Waals surface area contributed by atoms with Crippen LogP contribution in [0.5, 0.6) is 0 Å². The van der Waals surface area contributed by atoms with E-state index in [1.165, 1.54) is 16.9 Å². The molecular weight excluding hydrogens is 483 g/mol. The number of nitrogens with one attached hydrogen (secondary N) is 4. The summed E-state index contributed by atoms with van der Waals surface area (Å²) < 4.78 is 61.3. The number of rotatable bonds is 10. The molecule has 0 spiro atoms. The van der Waals surface area contributed by atoms with Gasteiger partial charge in [0, 0.05) is 31.6 Å². The zero-order valence-electron chi connectivity index (χ0n) is 17.8. The van der Waals surface area contributed by atoms with E-state index >= 15 is 0 Å². The number of nitrogens with zero attached hydrogens (tertiary/aromatic N) is 1. The maximum Gasteiger partial charge on any atom is 0.404 e. The number of carbonyl (C=O) groups excluding carboxylic acids is 2. The Morgan fingerprint density at radius 3 is 2.41 bits per heavy atom. The van der Waals surface area contributed by atoms with Gasteiger partial charge in [-0.3, -0.25) is 24.7 Å². The van der Waals surface area contributed by atoms with Crippen LogP contribution in [0, 0.1) is 0 Å². The van der Waals surface area contributed by atoms with Gasteiger partial charge in [-0.05, 0) is 30.5 Å². The van der Waals surface area contributed by atoms with Gasteiger partial charge < -0.3 is 15.7 Å². The fourth-order valence-corrected chi connectivity index (χ4v) is 3.97. The molecule has 34 heavy (non-hydrogen) atoms. The first-order valence-corrected chi connectivity index (χ1v) is 11.7. The summed E-state index contributed by atoms with van der Waals surface area (Å²) in [4.78, 5) is 39.5. The van der Waals surface area contributed by atoms with Crippen LogP contribution in [0.3, 0.4) is 0 Å². The number of aryl methyl sites for hydroxylation is 1. The SMILES string of the molecule is O=C(CCc1ccc(C(=O)NCC(NS(=O)(=O)CC(F)(F)F)C(=O)O)cc1)NC1=NCCCN1. The van der Waals surface area contributed by atoms with Crippen molar-refractivity contribution in [3.63, 3.8) is 0 Å². The van der Waals surface area contributed by atoms with E-state index in [4.69, 9.17) is 5.11 Å². The quantitative estimate of drug-likeness (QED) is 0.291. The van der Waals surface area contributed by atoms with Crippen molar-refractivity contribution in [3.8, 4) is 0 Å². The van der Waals surface area contributed by atoms with Gasteiger partial charge in [0.25, 0.3) is 5.91 Å². The highest BCUT2D eigenvalue weighted by Gasteiger charge is 2.37. The summed E-state index contributed by atoms with van der Waals surface area (Å²) in [5.41, 5.74) is 0.852. The Morgan fingerprint density at radius 1 is 1.18 bits per heavy atom. The fraction of sp³-hybridized carbons (Fsp3) is 0.474. The van der Waals surface area contributed by atoms with Crippen LogP contribution in [-0.4, -0.2) is 74.9 Å². The molecule has 1 aromatic rings. The zero-order chi connectivity index (χ0) is 25.4. The Bertz CT molecular complexity index is 1030. The number of aliphatic carboxylic acids is 1. The van der Waals surface area contributed by atoms with Gasteiger partial charge in [-0.2, -0.15) is 17.9 Å². The molecule has 0 aromatic heterocycles. The third-order valence-electron chi connectivity index (χ3n) is 4.45. The minimum absolute atomic E-state index is 0.108. The minimum atomic E-state index is -5.05. The number of carboxylic acids is 1. The Hall–Kier alpha value is -3.20. The van der Waals surface area contributed by atoms with Crippen LogP contribution >= 0.6 is 0 Å². The van der Waals surface area contributed by atoms with Crippen LogP contribution in [0.15, 0.2) is 29.3 Å². The molecule has 2 rings (SSSR count). The van der Waals surface area contributed by atoms with Crippen LogP contribution in [0.25, 0.3) is 0 Å². The Morgan fingerprint density at radius 2 is 1.85 bits per heavy atom. The normalized spacial score (nSPS) is 15.0. The standard InChI is InChI=1S/C19H24F3N5O6S/c20-19(21,22)11-34(32,33)27-14(17(30)31)10-25-16(29)13-5-2-12(3-6-13)4-7-15(28)26-18-23-8-1-9-24-18/h2-3,5-6,14,27H,1,4,7-11H2,(H,25,29)(H,30,31)(H2,23,24,26,28). The highest BCUT2D eigenvalue weighted by Crippen LogP contribution is 2.16. The molecule has 1 atom stereocenters. The van der Waals surface area contributed by atoms with Crippen molar-refractivity contribution < 1.29 is 41.1 Å². The van der Waals surface area contributed by atoms with Crippen molar-refractivity contribution in [2.75, 3.05) is 25.4 Å². The van der Waals surface area contributed by atoms with Gasteiger partial charge >= 0.3 is 12.1 Å². The molecule has 11 nitrogen and oxygen atoms in total. The van der Waals surface area contributed by atoms with Crippen molar-refractivity contribution in [3.05, 3.63) is 35.4 Å². The van der Waals surface area contributed by atoms with Crippen LogP contribution in [0.2, 0.25) is 0 Å². The van der Waals surface area contributed by atoms with Crippen molar-refractivity contribution in [2.24, 2.45) is 4.99 Å². The smallest absolute Gasteiger partial charge is 0.404 e. The highest BCUT2D eigenvalue weighted by molar-refractivity contribution is 7.89. The van der Waals surface area contributed by atoms with Gasteiger partial charge in [0.15, 0.2) is 11.7 Å². The van der Waals surface area contributed by atoms with Gasteiger partial charge in [0.2, 0.25) is 15.9 Å². The highest BCUT2D eigenvalue weighted by atomic mass is 32.2. The third-order valence-corrected chi connectivity index (χ3v) is 5.80. The topological polar surface area (TPSA) is 166 Å². The van der Waals surface area contributed by atoms with E-state index < -0.39 is 46.4 Å². The number of aliphatic imine (C=N–C) groups is 1. The number of guanidine groups is 1. The lowest BCUT2D eigenvalue weighted by atomic mass is 10.1. The summed E-state index contributed by atoms with van der Waals surface area (Å²) >= 11 is 0. The van der Waals surface area contributed by atoms with Crippen molar-refractivity contribution in [2.45, 2.75) is 31.5 Å². The van der Waals surface area contributed by atoms with E-state index in [2.05, 4.69) is 20.9 Å². The molecular formula is C19H24F3N5O6S. The summed E-state index contributed by atoms with van der Waals surface area (Å²) in [6.45, 7) is 0.596. The summed E-state index contributed by atoms with van der Waals surface area (Å²) in [5, 5.41) is 16.9. The predicted molar refractivity (Wildman–Crippen MR) is 115 cm³/mol. The molecule has 0 radical (unpaired) electrons. The third kappa shape index (κ3) is 9.74. The Balaban J connectivity index is 1.85. The Kier molecular flexibility index (Phi) is 9.37. The minimum Gasteiger partial charge on any atom is -0.480 e. The molecule has 0 bridgehead atoms.